The van der Waals surface area contributed by atoms with Crippen LogP contribution in [0.1, 0.15) is 50.3 Å². The summed E-state index contributed by atoms with van der Waals surface area (Å²) in [6.07, 6.45) is -2.32. The molecule has 4 atom stereocenters. The second kappa shape index (κ2) is 8.36. The van der Waals surface area contributed by atoms with Crippen molar-refractivity contribution < 1.29 is 32.3 Å². The Hall–Kier alpha value is -3.42. The third-order valence-corrected chi connectivity index (χ3v) is 6.63. The molecular formula is C27H26F3NO4. The molecule has 0 bridgehead atoms. The van der Waals surface area contributed by atoms with E-state index < -0.39 is 52.4 Å². The number of alkyl halides is 3. The van der Waals surface area contributed by atoms with Crippen molar-refractivity contribution in [2.24, 2.45) is 11.8 Å². The number of fused-ring (bicyclic) bond motifs is 2. The fraction of sp³-hybridized carbons (Fsp3) is 0.370. The molecule has 4 rings (SSSR count). The molecule has 1 aliphatic heterocycles. The van der Waals surface area contributed by atoms with Gasteiger partial charge in [0.05, 0.1) is 11.5 Å². The number of allylic oxidation sites excluding steroid dienone is 2. The molecule has 35 heavy (non-hydrogen) atoms. The lowest BCUT2D eigenvalue weighted by Gasteiger charge is -2.47. The Balaban J connectivity index is 2.01. The number of amides is 1. The lowest BCUT2D eigenvalue weighted by atomic mass is 9.53. The Bertz CT molecular complexity index is 1210. The molecular weight excluding hydrogens is 459 g/mol. The minimum Gasteiger partial charge on any atom is -0.460 e. The van der Waals surface area contributed by atoms with Crippen molar-refractivity contribution in [3.63, 3.8) is 0 Å². The summed E-state index contributed by atoms with van der Waals surface area (Å²) in [4.78, 5) is 39.8. The highest BCUT2D eigenvalue weighted by Crippen LogP contribution is 2.59. The minimum absolute atomic E-state index is 0.226. The summed E-state index contributed by atoms with van der Waals surface area (Å²) < 4.78 is 45.5. The van der Waals surface area contributed by atoms with Crippen LogP contribution in [0.3, 0.4) is 0 Å². The van der Waals surface area contributed by atoms with E-state index in [1.54, 1.807) is 58.0 Å². The van der Waals surface area contributed by atoms with Gasteiger partial charge in [0.2, 0.25) is 5.91 Å². The molecule has 8 heteroatoms. The summed E-state index contributed by atoms with van der Waals surface area (Å²) in [7, 11) is 0. The van der Waals surface area contributed by atoms with Gasteiger partial charge in [0, 0.05) is 11.6 Å². The summed E-state index contributed by atoms with van der Waals surface area (Å²) >= 11 is 0. The first-order valence-corrected chi connectivity index (χ1v) is 11.3. The molecule has 1 amide bonds. The van der Waals surface area contributed by atoms with Crippen molar-refractivity contribution >= 4 is 23.9 Å². The molecule has 2 aliphatic rings. The van der Waals surface area contributed by atoms with Crippen LogP contribution in [-0.4, -0.2) is 23.8 Å². The molecule has 1 spiro atoms. The highest BCUT2D eigenvalue weighted by Gasteiger charge is 2.64. The van der Waals surface area contributed by atoms with Gasteiger partial charge >= 0.3 is 12.1 Å². The van der Waals surface area contributed by atoms with Crippen molar-refractivity contribution in [2.75, 3.05) is 5.32 Å². The molecule has 1 N–H and O–H groups in total. The van der Waals surface area contributed by atoms with Crippen molar-refractivity contribution in [1.29, 1.82) is 0 Å². The van der Waals surface area contributed by atoms with Gasteiger partial charge in [-0.1, -0.05) is 43.3 Å². The van der Waals surface area contributed by atoms with Gasteiger partial charge in [-0.25, -0.2) is 0 Å². The van der Waals surface area contributed by atoms with E-state index in [0.29, 0.717) is 23.1 Å². The highest BCUT2D eigenvalue weighted by molar-refractivity contribution is 6.11. The van der Waals surface area contributed by atoms with Crippen LogP contribution in [0.15, 0.2) is 60.2 Å². The number of ether oxygens (including phenoxy) is 1. The first-order valence-electron chi connectivity index (χ1n) is 11.3. The standard InChI is InChI=1S/C27H26F3NO4/c1-15-13-17(14-32)22(16-9-11-18(12-10-16)27(28,29)30)26(21(15)23(33)35-25(2,3)4)19-7-5-6-8-20(19)31-24(26)34/h5-15,21-22H,1-4H3,(H,31,34)/t15-,21-,22-,26+/m0/s1. The zero-order chi connectivity index (χ0) is 25.8. The van der Waals surface area contributed by atoms with E-state index in [9.17, 15) is 27.6 Å². The summed E-state index contributed by atoms with van der Waals surface area (Å²) in [5, 5.41) is 2.84. The topological polar surface area (TPSA) is 72.5 Å². The molecule has 0 unspecified atom stereocenters. The normalized spacial score (nSPS) is 26.1. The first kappa shape index (κ1) is 24.7. The Kier molecular flexibility index (Phi) is 5.90. The Morgan fingerprint density at radius 2 is 1.69 bits per heavy atom. The van der Waals surface area contributed by atoms with Crippen molar-refractivity contribution in [2.45, 2.75) is 50.8 Å². The van der Waals surface area contributed by atoms with Crippen molar-refractivity contribution in [3.8, 4) is 0 Å². The van der Waals surface area contributed by atoms with E-state index >= 15 is 0 Å². The van der Waals surface area contributed by atoms with E-state index in [4.69, 9.17) is 4.74 Å². The smallest absolute Gasteiger partial charge is 0.416 e. The maximum absolute atomic E-state index is 13.9. The molecule has 5 nitrogen and oxygen atoms in total. The molecule has 1 heterocycles. The minimum atomic E-state index is -4.54. The van der Waals surface area contributed by atoms with Crippen LogP contribution in [0.2, 0.25) is 0 Å². The van der Waals surface area contributed by atoms with E-state index in [1.807, 2.05) is 0 Å². The summed E-state index contributed by atoms with van der Waals surface area (Å²) in [6, 6.07) is 11.2. The van der Waals surface area contributed by atoms with Gasteiger partial charge in [-0.3, -0.25) is 14.4 Å². The van der Waals surface area contributed by atoms with Gasteiger partial charge in [-0.05, 0) is 61.6 Å². The number of hydrogen-bond acceptors (Lipinski definition) is 4. The number of carbonyl (C=O) groups is 3. The SMILES string of the molecule is C[C@H]1C=C(C=O)[C@H](c2ccc(C(F)(F)F)cc2)[C@]2(C(=O)Nc3ccccc32)[C@@H]1C(=O)OC(C)(C)C. The molecule has 0 aromatic heterocycles. The van der Waals surface area contributed by atoms with Gasteiger partial charge in [-0.2, -0.15) is 13.2 Å². The van der Waals surface area contributed by atoms with Crippen LogP contribution < -0.4 is 5.32 Å². The van der Waals surface area contributed by atoms with E-state index in [0.717, 1.165) is 12.1 Å². The van der Waals surface area contributed by atoms with Crippen LogP contribution in [0.5, 0.6) is 0 Å². The largest absolute Gasteiger partial charge is 0.460 e. The summed E-state index contributed by atoms with van der Waals surface area (Å²) in [6.45, 7) is 6.88. The van der Waals surface area contributed by atoms with Crippen LogP contribution in [-0.2, 0) is 30.7 Å². The zero-order valence-corrected chi connectivity index (χ0v) is 19.8. The molecule has 0 radical (unpaired) electrons. The monoisotopic (exact) mass is 485 g/mol. The molecule has 184 valence electrons. The second-order valence-corrected chi connectivity index (χ2v) is 10.1. The lowest BCUT2D eigenvalue weighted by molar-refractivity contribution is -0.167. The number of halogens is 3. The number of nitrogens with one attached hydrogen (secondary N) is 1. The quantitative estimate of drug-likeness (QED) is 0.466. The zero-order valence-electron chi connectivity index (χ0n) is 19.8. The van der Waals surface area contributed by atoms with Crippen LogP contribution >= 0.6 is 0 Å². The predicted octanol–water partition coefficient (Wildman–Crippen LogP) is 5.41. The first-order chi connectivity index (χ1) is 16.3. The maximum Gasteiger partial charge on any atom is 0.416 e. The average Bonchev–Trinajstić information content (AvgIpc) is 3.03. The Morgan fingerprint density at radius 3 is 2.26 bits per heavy atom. The van der Waals surface area contributed by atoms with Crippen molar-refractivity contribution in [1.82, 2.24) is 0 Å². The average molecular weight is 486 g/mol. The molecule has 0 fully saturated rings. The number of aldehydes is 1. The third kappa shape index (κ3) is 4.05. The fourth-order valence-electron chi connectivity index (χ4n) is 5.44. The number of benzene rings is 2. The molecule has 1 aliphatic carbocycles. The second-order valence-electron chi connectivity index (χ2n) is 10.1. The molecule has 2 aromatic carbocycles. The summed E-state index contributed by atoms with van der Waals surface area (Å²) in [5.41, 5.74) is -1.75. The van der Waals surface area contributed by atoms with Crippen molar-refractivity contribution in [3.05, 3.63) is 76.9 Å². The number of carbonyl (C=O) groups excluding carboxylic acids is 3. The van der Waals surface area contributed by atoms with E-state index in [1.165, 1.54) is 12.1 Å². The fourth-order valence-corrected chi connectivity index (χ4v) is 5.44. The van der Waals surface area contributed by atoms with E-state index in [-0.39, 0.29) is 5.57 Å². The van der Waals surface area contributed by atoms with Crippen LogP contribution in [0.4, 0.5) is 18.9 Å². The van der Waals surface area contributed by atoms with Crippen LogP contribution in [0, 0.1) is 11.8 Å². The molecule has 0 saturated heterocycles. The number of anilines is 1. The van der Waals surface area contributed by atoms with Crippen LogP contribution in [0.25, 0.3) is 0 Å². The number of esters is 1. The Labute approximate surface area is 201 Å². The number of rotatable bonds is 3. The predicted molar refractivity (Wildman–Crippen MR) is 124 cm³/mol. The molecule has 2 aromatic rings. The highest BCUT2D eigenvalue weighted by atomic mass is 19.4. The van der Waals surface area contributed by atoms with E-state index in [2.05, 4.69) is 5.32 Å². The molecule has 0 saturated carbocycles. The maximum atomic E-state index is 13.9. The van der Waals surface area contributed by atoms with Gasteiger partial charge in [0.15, 0.2) is 0 Å². The Morgan fingerprint density at radius 1 is 1.06 bits per heavy atom. The number of hydrogen-bond donors (Lipinski definition) is 1. The van der Waals surface area contributed by atoms with Gasteiger partial charge in [-0.15, -0.1) is 0 Å². The number of para-hydroxylation sites is 1. The van der Waals surface area contributed by atoms with Gasteiger partial charge in [0.25, 0.3) is 0 Å². The van der Waals surface area contributed by atoms with Gasteiger partial charge in [0.1, 0.15) is 17.3 Å². The van der Waals surface area contributed by atoms with Gasteiger partial charge < -0.3 is 10.1 Å². The third-order valence-electron chi connectivity index (χ3n) is 6.63. The lowest BCUT2D eigenvalue weighted by Crippen LogP contribution is -2.55. The summed E-state index contributed by atoms with van der Waals surface area (Å²) in [5.74, 6) is -3.71.